The summed E-state index contributed by atoms with van der Waals surface area (Å²) >= 11 is 6.88. The first-order valence-electron chi connectivity index (χ1n) is 5.72. The molecule has 0 atom stereocenters. The molecule has 1 rings (SSSR count). The van der Waals surface area contributed by atoms with E-state index in [0.717, 1.165) is 40.4 Å². The minimum absolute atomic E-state index is 0.101. The van der Waals surface area contributed by atoms with Gasteiger partial charge in [0, 0.05) is 22.9 Å². The molecule has 0 fully saturated rings. The van der Waals surface area contributed by atoms with Crippen LogP contribution in [0.5, 0.6) is 0 Å². The number of carbonyl (C=O) groups excluding carboxylic acids is 1. The molecular formula is C13H17Br2NO. The highest BCUT2D eigenvalue weighted by atomic mass is 79.9. The molecule has 1 aromatic carbocycles. The van der Waals surface area contributed by atoms with E-state index in [-0.39, 0.29) is 5.91 Å². The Morgan fingerprint density at radius 2 is 2.12 bits per heavy atom. The molecule has 0 unspecified atom stereocenters. The highest BCUT2D eigenvalue weighted by molar-refractivity contribution is 9.10. The fourth-order valence-electron chi connectivity index (χ4n) is 1.64. The second kappa shape index (κ2) is 7.17. The van der Waals surface area contributed by atoms with Crippen LogP contribution in [0.4, 0.5) is 0 Å². The fourth-order valence-corrected chi connectivity index (χ4v) is 2.32. The van der Waals surface area contributed by atoms with Crippen molar-refractivity contribution in [1.82, 2.24) is 4.90 Å². The van der Waals surface area contributed by atoms with Crippen LogP contribution >= 0.6 is 31.9 Å². The molecule has 0 heterocycles. The Balaban J connectivity index is 2.90. The van der Waals surface area contributed by atoms with Crippen molar-refractivity contribution in [3.63, 3.8) is 0 Å². The topological polar surface area (TPSA) is 20.3 Å². The lowest BCUT2D eigenvalue weighted by atomic mass is 10.1. The lowest BCUT2D eigenvalue weighted by Gasteiger charge is -2.21. The van der Waals surface area contributed by atoms with Crippen LogP contribution in [0.3, 0.4) is 0 Å². The van der Waals surface area contributed by atoms with Gasteiger partial charge in [0.05, 0.1) is 5.56 Å². The monoisotopic (exact) mass is 361 g/mol. The molecule has 0 aliphatic heterocycles. The van der Waals surface area contributed by atoms with Crippen molar-refractivity contribution in [2.45, 2.75) is 20.3 Å². The first-order valence-corrected chi connectivity index (χ1v) is 7.63. The fraction of sp³-hybridized carbons (Fsp3) is 0.462. The van der Waals surface area contributed by atoms with Crippen LogP contribution in [-0.4, -0.2) is 29.2 Å². The molecule has 4 heteroatoms. The van der Waals surface area contributed by atoms with Crippen LogP contribution in [0.2, 0.25) is 0 Å². The largest absolute Gasteiger partial charge is 0.339 e. The maximum Gasteiger partial charge on any atom is 0.254 e. The van der Waals surface area contributed by atoms with E-state index < -0.39 is 0 Å². The summed E-state index contributed by atoms with van der Waals surface area (Å²) in [4.78, 5) is 14.2. The minimum Gasteiger partial charge on any atom is -0.339 e. The Morgan fingerprint density at radius 1 is 1.41 bits per heavy atom. The SMILES string of the molecule is CCN(CCCBr)C(=O)c1cccc(C)c1Br. The van der Waals surface area contributed by atoms with E-state index in [0.29, 0.717) is 0 Å². The quantitative estimate of drug-likeness (QED) is 0.725. The molecule has 0 aliphatic rings. The number of alkyl halides is 1. The van der Waals surface area contributed by atoms with Crippen LogP contribution in [0.1, 0.15) is 29.3 Å². The van der Waals surface area contributed by atoms with Crippen LogP contribution in [-0.2, 0) is 0 Å². The molecule has 94 valence electrons. The number of carbonyl (C=O) groups is 1. The molecule has 17 heavy (non-hydrogen) atoms. The zero-order chi connectivity index (χ0) is 12.8. The summed E-state index contributed by atoms with van der Waals surface area (Å²) in [5.41, 5.74) is 1.84. The second-order valence-electron chi connectivity index (χ2n) is 3.86. The Labute approximate surface area is 120 Å². The summed E-state index contributed by atoms with van der Waals surface area (Å²) < 4.78 is 0.905. The Hall–Kier alpha value is -0.350. The highest BCUT2D eigenvalue weighted by Gasteiger charge is 2.16. The third-order valence-electron chi connectivity index (χ3n) is 2.65. The standard InChI is InChI=1S/C13H17Br2NO/c1-3-16(9-5-8-14)13(17)11-7-4-6-10(2)12(11)15/h4,6-7H,3,5,8-9H2,1-2H3. The number of hydrogen-bond donors (Lipinski definition) is 0. The van der Waals surface area contributed by atoms with E-state index in [4.69, 9.17) is 0 Å². The van der Waals surface area contributed by atoms with Crippen molar-refractivity contribution in [3.8, 4) is 0 Å². The molecule has 0 aromatic heterocycles. The van der Waals surface area contributed by atoms with E-state index in [9.17, 15) is 4.79 Å². The first-order chi connectivity index (χ1) is 8.11. The number of aryl methyl sites for hydroxylation is 1. The number of benzene rings is 1. The summed E-state index contributed by atoms with van der Waals surface area (Å²) in [5.74, 6) is 0.101. The van der Waals surface area contributed by atoms with Crippen molar-refractivity contribution in [3.05, 3.63) is 33.8 Å². The summed E-state index contributed by atoms with van der Waals surface area (Å²) in [6.07, 6.45) is 0.975. The summed E-state index contributed by atoms with van der Waals surface area (Å²) in [6.45, 7) is 5.54. The number of halogens is 2. The van der Waals surface area contributed by atoms with Gasteiger partial charge in [-0.15, -0.1) is 0 Å². The van der Waals surface area contributed by atoms with Gasteiger partial charge in [0.25, 0.3) is 5.91 Å². The second-order valence-corrected chi connectivity index (χ2v) is 5.45. The summed E-state index contributed by atoms with van der Waals surface area (Å²) in [7, 11) is 0. The van der Waals surface area contributed by atoms with Gasteiger partial charge in [-0.1, -0.05) is 28.1 Å². The maximum atomic E-state index is 12.3. The van der Waals surface area contributed by atoms with Crippen LogP contribution in [0.25, 0.3) is 0 Å². The van der Waals surface area contributed by atoms with Crippen molar-refractivity contribution in [2.75, 3.05) is 18.4 Å². The highest BCUT2D eigenvalue weighted by Crippen LogP contribution is 2.22. The van der Waals surface area contributed by atoms with Gasteiger partial charge in [-0.25, -0.2) is 0 Å². The van der Waals surface area contributed by atoms with Gasteiger partial charge in [-0.3, -0.25) is 4.79 Å². The van der Waals surface area contributed by atoms with Crippen molar-refractivity contribution in [1.29, 1.82) is 0 Å². The molecule has 2 nitrogen and oxygen atoms in total. The predicted molar refractivity (Wildman–Crippen MR) is 78.9 cm³/mol. The van der Waals surface area contributed by atoms with Gasteiger partial charge in [0.15, 0.2) is 0 Å². The smallest absolute Gasteiger partial charge is 0.254 e. The number of hydrogen-bond acceptors (Lipinski definition) is 1. The zero-order valence-corrected chi connectivity index (χ0v) is 13.3. The third-order valence-corrected chi connectivity index (χ3v) is 4.27. The average Bonchev–Trinajstić information content (AvgIpc) is 2.33. The molecule has 1 amide bonds. The Bertz CT molecular complexity index is 393. The summed E-state index contributed by atoms with van der Waals surface area (Å²) in [6, 6.07) is 5.79. The molecule has 0 saturated heterocycles. The third kappa shape index (κ3) is 3.81. The van der Waals surface area contributed by atoms with Gasteiger partial charge in [-0.2, -0.15) is 0 Å². The maximum absolute atomic E-state index is 12.3. The minimum atomic E-state index is 0.101. The molecular weight excluding hydrogens is 346 g/mol. The molecule has 0 radical (unpaired) electrons. The molecule has 0 spiro atoms. The van der Waals surface area contributed by atoms with E-state index in [1.807, 2.05) is 36.9 Å². The number of nitrogens with zero attached hydrogens (tertiary/aromatic N) is 1. The lowest BCUT2D eigenvalue weighted by molar-refractivity contribution is 0.0764. The normalized spacial score (nSPS) is 10.4. The van der Waals surface area contributed by atoms with E-state index >= 15 is 0 Å². The molecule has 1 aromatic rings. The van der Waals surface area contributed by atoms with Gasteiger partial charge < -0.3 is 4.90 Å². The molecule has 0 bridgehead atoms. The number of amides is 1. The summed E-state index contributed by atoms with van der Waals surface area (Å²) in [5, 5.41) is 0.922. The Kier molecular flexibility index (Phi) is 6.20. The van der Waals surface area contributed by atoms with Gasteiger partial charge in [-0.05, 0) is 47.8 Å². The van der Waals surface area contributed by atoms with Gasteiger partial charge >= 0.3 is 0 Å². The zero-order valence-electron chi connectivity index (χ0n) is 10.2. The first kappa shape index (κ1) is 14.7. The number of rotatable bonds is 5. The average molecular weight is 363 g/mol. The molecule has 0 aliphatic carbocycles. The Morgan fingerprint density at radius 3 is 2.71 bits per heavy atom. The van der Waals surface area contributed by atoms with Crippen molar-refractivity contribution in [2.24, 2.45) is 0 Å². The van der Waals surface area contributed by atoms with Crippen LogP contribution < -0.4 is 0 Å². The van der Waals surface area contributed by atoms with E-state index in [2.05, 4.69) is 31.9 Å². The van der Waals surface area contributed by atoms with Gasteiger partial charge in [0.2, 0.25) is 0 Å². The molecule has 0 N–H and O–H groups in total. The van der Waals surface area contributed by atoms with Crippen molar-refractivity contribution < 1.29 is 4.79 Å². The van der Waals surface area contributed by atoms with Gasteiger partial charge in [0.1, 0.15) is 0 Å². The van der Waals surface area contributed by atoms with Crippen LogP contribution in [0, 0.1) is 6.92 Å². The van der Waals surface area contributed by atoms with E-state index in [1.165, 1.54) is 0 Å². The predicted octanol–water partition coefficient (Wildman–Crippen LogP) is 4.00. The van der Waals surface area contributed by atoms with E-state index in [1.54, 1.807) is 0 Å². The molecule has 0 saturated carbocycles. The van der Waals surface area contributed by atoms with Crippen molar-refractivity contribution >= 4 is 37.8 Å². The lowest BCUT2D eigenvalue weighted by Crippen LogP contribution is -2.32. The van der Waals surface area contributed by atoms with Crippen LogP contribution in [0.15, 0.2) is 22.7 Å².